The standard InChI is InChI=1S/C22H31N3O/c26-22(24-16-14-19-9-5-2-6-10-19)21-12-11-20(17-25-21)23-15-13-18-7-3-1-4-8-18/h7,9,11-12,17,23H,1-6,8,10,13-16H2,(H,24,26). The van der Waals surface area contributed by atoms with Gasteiger partial charge in [-0.2, -0.15) is 0 Å². The molecule has 0 aromatic carbocycles. The quantitative estimate of drug-likeness (QED) is 0.646. The zero-order chi connectivity index (χ0) is 18.0. The third-order valence-electron chi connectivity index (χ3n) is 5.27. The van der Waals surface area contributed by atoms with E-state index in [1.54, 1.807) is 17.8 Å². The maximum atomic E-state index is 12.2. The maximum absolute atomic E-state index is 12.2. The van der Waals surface area contributed by atoms with Gasteiger partial charge in [-0.25, -0.2) is 4.98 Å². The number of hydrogen-bond donors (Lipinski definition) is 2. The van der Waals surface area contributed by atoms with Gasteiger partial charge < -0.3 is 10.6 Å². The lowest BCUT2D eigenvalue weighted by Crippen LogP contribution is -2.25. The first-order valence-corrected chi connectivity index (χ1v) is 10.2. The molecule has 0 bridgehead atoms. The van der Waals surface area contributed by atoms with Gasteiger partial charge in [0.1, 0.15) is 5.69 Å². The minimum Gasteiger partial charge on any atom is -0.383 e. The van der Waals surface area contributed by atoms with Gasteiger partial charge in [0.15, 0.2) is 0 Å². The van der Waals surface area contributed by atoms with Gasteiger partial charge in [0.25, 0.3) is 5.91 Å². The fraction of sp³-hybridized carbons (Fsp3) is 0.545. The molecule has 0 saturated heterocycles. The molecule has 4 nitrogen and oxygen atoms in total. The van der Waals surface area contributed by atoms with Crippen molar-refractivity contribution >= 4 is 11.6 Å². The van der Waals surface area contributed by atoms with E-state index in [9.17, 15) is 4.79 Å². The van der Waals surface area contributed by atoms with Crippen molar-refractivity contribution in [3.8, 4) is 0 Å². The Hall–Kier alpha value is -2.10. The highest BCUT2D eigenvalue weighted by atomic mass is 16.1. The first kappa shape index (κ1) is 18.7. The van der Waals surface area contributed by atoms with Crippen LogP contribution in [0.1, 0.15) is 74.7 Å². The van der Waals surface area contributed by atoms with E-state index in [0.29, 0.717) is 12.2 Å². The van der Waals surface area contributed by atoms with E-state index in [1.807, 2.05) is 6.07 Å². The fourth-order valence-electron chi connectivity index (χ4n) is 3.69. The Morgan fingerprint density at radius 3 is 2.19 bits per heavy atom. The minimum absolute atomic E-state index is 0.0830. The van der Waals surface area contributed by atoms with Crippen molar-refractivity contribution in [2.24, 2.45) is 0 Å². The van der Waals surface area contributed by atoms with Crippen molar-refractivity contribution < 1.29 is 4.79 Å². The van der Waals surface area contributed by atoms with Crippen LogP contribution in [0.2, 0.25) is 0 Å². The Balaban J connectivity index is 1.38. The van der Waals surface area contributed by atoms with Gasteiger partial charge in [0, 0.05) is 13.1 Å². The summed E-state index contributed by atoms with van der Waals surface area (Å²) < 4.78 is 0. The largest absolute Gasteiger partial charge is 0.383 e. The number of carbonyl (C=O) groups excluding carboxylic acids is 1. The van der Waals surface area contributed by atoms with Crippen molar-refractivity contribution in [1.82, 2.24) is 10.3 Å². The minimum atomic E-state index is -0.0830. The summed E-state index contributed by atoms with van der Waals surface area (Å²) in [5.41, 5.74) is 4.52. The van der Waals surface area contributed by atoms with Gasteiger partial charge in [-0.15, -0.1) is 0 Å². The van der Waals surface area contributed by atoms with Crippen molar-refractivity contribution in [2.75, 3.05) is 18.4 Å². The summed E-state index contributed by atoms with van der Waals surface area (Å²) >= 11 is 0. The highest BCUT2D eigenvalue weighted by Crippen LogP contribution is 2.20. The summed E-state index contributed by atoms with van der Waals surface area (Å²) in [4.78, 5) is 16.5. The number of nitrogens with zero attached hydrogens (tertiary/aromatic N) is 1. The van der Waals surface area contributed by atoms with Gasteiger partial charge >= 0.3 is 0 Å². The van der Waals surface area contributed by atoms with Gasteiger partial charge in [-0.1, -0.05) is 23.3 Å². The molecule has 0 spiro atoms. The molecule has 0 fully saturated rings. The van der Waals surface area contributed by atoms with Crippen molar-refractivity contribution in [3.63, 3.8) is 0 Å². The van der Waals surface area contributed by atoms with E-state index in [0.717, 1.165) is 25.1 Å². The monoisotopic (exact) mass is 353 g/mol. The smallest absolute Gasteiger partial charge is 0.269 e. The van der Waals surface area contributed by atoms with Crippen LogP contribution in [0.3, 0.4) is 0 Å². The molecule has 0 atom stereocenters. The highest BCUT2D eigenvalue weighted by Gasteiger charge is 2.08. The zero-order valence-electron chi connectivity index (χ0n) is 15.7. The number of aromatic nitrogens is 1. The summed E-state index contributed by atoms with van der Waals surface area (Å²) in [7, 11) is 0. The second kappa shape index (κ2) is 10.1. The average Bonchev–Trinajstić information content (AvgIpc) is 2.70. The number of rotatable bonds is 8. The van der Waals surface area contributed by atoms with Crippen LogP contribution in [-0.4, -0.2) is 24.0 Å². The van der Waals surface area contributed by atoms with E-state index in [-0.39, 0.29) is 5.91 Å². The maximum Gasteiger partial charge on any atom is 0.269 e. The summed E-state index contributed by atoms with van der Waals surface area (Å²) in [5, 5.41) is 6.38. The second-order valence-corrected chi connectivity index (χ2v) is 7.33. The number of carbonyl (C=O) groups is 1. The van der Waals surface area contributed by atoms with Gasteiger partial charge in [0.2, 0.25) is 0 Å². The number of hydrogen-bond acceptors (Lipinski definition) is 3. The summed E-state index contributed by atoms with van der Waals surface area (Å²) in [6.45, 7) is 1.62. The lowest BCUT2D eigenvalue weighted by atomic mass is 9.97. The summed E-state index contributed by atoms with van der Waals surface area (Å²) in [5.74, 6) is -0.0830. The number of amides is 1. The van der Waals surface area contributed by atoms with Crippen LogP contribution in [0.15, 0.2) is 41.6 Å². The Labute approximate surface area is 157 Å². The van der Waals surface area contributed by atoms with Crippen molar-refractivity contribution in [1.29, 1.82) is 0 Å². The van der Waals surface area contributed by atoms with E-state index in [2.05, 4.69) is 27.8 Å². The Bertz CT molecular complexity index is 646. The van der Waals surface area contributed by atoms with Gasteiger partial charge in [0.05, 0.1) is 11.9 Å². The molecule has 2 aliphatic rings. The first-order chi connectivity index (χ1) is 12.8. The average molecular weight is 354 g/mol. The highest BCUT2D eigenvalue weighted by molar-refractivity contribution is 5.92. The molecular formula is C22H31N3O. The first-order valence-electron chi connectivity index (χ1n) is 10.2. The summed E-state index contributed by atoms with van der Waals surface area (Å²) in [6.07, 6.45) is 18.6. The van der Waals surface area contributed by atoms with Crippen LogP contribution in [0.4, 0.5) is 5.69 Å². The molecule has 0 saturated carbocycles. The molecule has 0 unspecified atom stereocenters. The van der Waals surface area contributed by atoms with Crippen LogP contribution in [0.25, 0.3) is 0 Å². The van der Waals surface area contributed by atoms with Crippen molar-refractivity contribution in [3.05, 3.63) is 47.3 Å². The number of pyridine rings is 1. The third kappa shape index (κ3) is 6.01. The molecule has 1 aromatic rings. The Morgan fingerprint density at radius 2 is 1.62 bits per heavy atom. The van der Waals surface area contributed by atoms with E-state index < -0.39 is 0 Å². The van der Waals surface area contributed by atoms with Crippen LogP contribution >= 0.6 is 0 Å². The second-order valence-electron chi connectivity index (χ2n) is 7.33. The molecule has 2 N–H and O–H groups in total. The van der Waals surface area contributed by atoms with Gasteiger partial charge in [-0.3, -0.25) is 4.79 Å². The molecule has 0 aliphatic heterocycles. The lowest BCUT2D eigenvalue weighted by molar-refractivity contribution is 0.0949. The molecule has 1 amide bonds. The predicted octanol–water partition coefficient (Wildman–Crippen LogP) is 5.00. The molecule has 3 rings (SSSR count). The Morgan fingerprint density at radius 1 is 0.923 bits per heavy atom. The molecule has 1 heterocycles. The van der Waals surface area contributed by atoms with Crippen LogP contribution in [-0.2, 0) is 0 Å². The lowest BCUT2D eigenvalue weighted by Gasteiger charge is -2.14. The summed E-state index contributed by atoms with van der Waals surface area (Å²) in [6, 6.07) is 3.75. The fourth-order valence-corrected chi connectivity index (χ4v) is 3.69. The molecule has 26 heavy (non-hydrogen) atoms. The normalized spacial score (nSPS) is 17.2. The van der Waals surface area contributed by atoms with Crippen LogP contribution in [0.5, 0.6) is 0 Å². The molecule has 2 aliphatic carbocycles. The van der Waals surface area contributed by atoms with Crippen molar-refractivity contribution in [2.45, 2.75) is 64.2 Å². The predicted molar refractivity (Wildman–Crippen MR) is 107 cm³/mol. The molecule has 0 radical (unpaired) electrons. The van der Waals surface area contributed by atoms with Gasteiger partial charge in [-0.05, 0) is 76.3 Å². The molecule has 140 valence electrons. The molecule has 1 aromatic heterocycles. The zero-order valence-corrected chi connectivity index (χ0v) is 15.7. The number of anilines is 1. The topological polar surface area (TPSA) is 54.0 Å². The molecule has 4 heteroatoms. The van der Waals surface area contributed by atoms with E-state index in [4.69, 9.17) is 0 Å². The molecular weight excluding hydrogens is 322 g/mol. The van der Waals surface area contributed by atoms with E-state index in [1.165, 1.54) is 56.9 Å². The number of nitrogens with one attached hydrogen (secondary N) is 2. The Kier molecular flexibility index (Phi) is 7.29. The third-order valence-corrected chi connectivity index (χ3v) is 5.27. The van der Waals surface area contributed by atoms with Crippen LogP contribution in [0, 0.1) is 0 Å². The van der Waals surface area contributed by atoms with Crippen LogP contribution < -0.4 is 10.6 Å². The SMILES string of the molecule is O=C(NCCC1=CCCCC1)c1ccc(NCCC2=CCCCC2)cn1. The number of allylic oxidation sites excluding steroid dienone is 2. The van der Waals surface area contributed by atoms with E-state index >= 15 is 0 Å².